The topological polar surface area (TPSA) is 166 Å². The molecule has 1 aliphatic heterocycles. The second-order valence-electron chi connectivity index (χ2n) is 14.0. The van der Waals surface area contributed by atoms with Gasteiger partial charge in [-0.3, -0.25) is 24.1 Å². The number of anilines is 2. The number of thiophene rings is 1. The number of aromatic carboxylic acids is 1. The van der Waals surface area contributed by atoms with Crippen molar-refractivity contribution in [1.29, 1.82) is 0 Å². The molecule has 0 bridgehead atoms. The van der Waals surface area contributed by atoms with Crippen molar-refractivity contribution in [3.05, 3.63) is 117 Å². The Balaban J connectivity index is 1.25. The van der Waals surface area contributed by atoms with Crippen molar-refractivity contribution in [3.63, 3.8) is 0 Å². The van der Waals surface area contributed by atoms with Crippen molar-refractivity contribution in [2.75, 3.05) is 37.4 Å². The van der Waals surface area contributed by atoms with E-state index in [1.807, 2.05) is 54.6 Å². The highest BCUT2D eigenvalue weighted by Gasteiger charge is 2.27. The standard InChI is InChI=1S/C43H50N4O8S/c1-4-34(5-2)47(23-22-46(3)37(48)19-20-38(49)50)26-30-7-6-8-32(25-30)40(51)45-42-39(35-21-24-55-27-36(35)56-42)41(52)44-33-17-13-29(14-18-33)10-9-28-11-15-31(16-12-28)43(53)54/h6-8,11-18,25,34H,4-5,9-10,19-24,26-27H2,1-3H3,(H,44,52)(H,45,51)(H,49,50)(H,53,54). The van der Waals surface area contributed by atoms with Crippen LogP contribution in [0.15, 0.2) is 72.8 Å². The van der Waals surface area contributed by atoms with E-state index in [-0.39, 0.29) is 42.2 Å². The summed E-state index contributed by atoms with van der Waals surface area (Å²) in [5, 5.41) is 24.6. The lowest BCUT2D eigenvalue weighted by atomic mass is 10.0. The normalized spacial score (nSPS) is 12.3. The Hall–Kier alpha value is -5.37. The molecule has 4 aromatic rings. The van der Waals surface area contributed by atoms with Crippen molar-refractivity contribution in [2.24, 2.45) is 0 Å². The smallest absolute Gasteiger partial charge is 0.335 e. The molecule has 3 aromatic carbocycles. The number of hydrogen-bond acceptors (Lipinski definition) is 8. The lowest BCUT2D eigenvalue weighted by molar-refractivity contribution is -0.140. The number of nitrogens with zero attached hydrogens (tertiary/aromatic N) is 2. The molecule has 56 heavy (non-hydrogen) atoms. The predicted molar refractivity (Wildman–Crippen MR) is 217 cm³/mol. The first kappa shape index (κ1) is 41.8. The first-order valence-electron chi connectivity index (χ1n) is 19.0. The van der Waals surface area contributed by atoms with Crippen molar-refractivity contribution < 1.29 is 38.9 Å². The maximum atomic E-state index is 13.9. The van der Waals surface area contributed by atoms with Crippen LogP contribution in [0.5, 0.6) is 0 Å². The van der Waals surface area contributed by atoms with Gasteiger partial charge in [0.15, 0.2) is 0 Å². The zero-order valence-corrected chi connectivity index (χ0v) is 33.0. The number of aliphatic carboxylic acids is 1. The van der Waals surface area contributed by atoms with Crippen LogP contribution < -0.4 is 10.6 Å². The SMILES string of the molecule is CCC(CC)N(CCN(C)C(=O)CCC(=O)O)Cc1cccc(C(=O)Nc2sc3c(c2C(=O)Nc2ccc(CCc4ccc(C(=O)O)cc4)cc2)CCOC3)c1. The van der Waals surface area contributed by atoms with E-state index >= 15 is 0 Å². The van der Waals surface area contributed by atoms with Gasteiger partial charge in [0.2, 0.25) is 5.91 Å². The van der Waals surface area contributed by atoms with E-state index < -0.39 is 11.9 Å². The van der Waals surface area contributed by atoms with Crippen LogP contribution in [0.4, 0.5) is 10.7 Å². The quantitative estimate of drug-likeness (QED) is 0.0775. The van der Waals surface area contributed by atoms with Crippen LogP contribution in [-0.4, -0.2) is 82.5 Å². The summed E-state index contributed by atoms with van der Waals surface area (Å²) < 4.78 is 5.69. The fraction of sp³-hybridized carbons (Fsp3) is 0.372. The molecular formula is C43H50N4O8S. The van der Waals surface area contributed by atoms with Crippen LogP contribution >= 0.6 is 11.3 Å². The number of carboxylic acids is 2. The lowest BCUT2D eigenvalue weighted by Gasteiger charge is -2.32. The Labute approximate surface area is 331 Å². The van der Waals surface area contributed by atoms with Crippen molar-refractivity contribution in [1.82, 2.24) is 9.80 Å². The van der Waals surface area contributed by atoms with Gasteiger partial charge in [0.1, 0.15) is 5.00 Å². The lowest BCUT2D eigenvalue weighted by Crippen LogP contribution is -2.41. The molecule has 0 saturated heterocycles. The fourth-order valence-electron chi connectivity index (χ4n) is 6.84. The Morgan fingerprint density at radius 1 is 0.804 bits per heavy atom. The Morgan fingerprint density at radius 3 is 2.12 bits per heavy atom. The molecule has 4 N–H and O–H groups in total. The first-order valence-corrected chi connectivity index (χ1v) is 19.8. The summed E-state index contributed by atoms with van der Waals surface area (Å²) in [5.41, 5.74) is 5.69. The van der Waals surface area contributed by atoms with E-state index in [2.05, 4.69) is 29.4 Å². The van der Waals surface area contributed by atoms with Gasteiger partial charge in [-0.25, -0.2) is 4.79 Å². The van der Waals surface area contributed by atoms with Crippen LogP contribution in [0.1, 0.15) is 97.7 Å². The Morgan fingerprint density at radius 2 is 1.48 bits per heavy atom. The molecule has 0 saturated carbocycles. The predicted octanol–water partition coefficient (Wildman–Crippen LogP) is 7.12. The molecule has 1 aromatic heterocycles. The number of fused-ring (bicyclic) bond motifs is 1. The van der Waals surface area contributed by atoms with Crippen LogP contribution in [-0.2, 0) is 46.7 Å². The molecule has 5 rings (SSSR count). The van der Waals surface area contributed by atoms with Gasteiger partial charge in [0.05, 0.1) is 30.8 Å². The number of nitrogens with one attached hydrogen (secondary N) is 2. The first-order chi connectivity index (χ1) is 26.9. The largest absolute Gasteiger partial charge is 0.481 e. The Kier molecular flexibility index (Phi) is 14.9. The molecule has 1 aliphatic rings. The summed E-state index contributed by atoms with van der Waals surface area (Å²) in [5.74, 6) is -2.81. The monoisotopic (exact) mass is 782 g/mol. The highest BCUT2D eigenvalue weighted by molar-refractivity contribution is 7.17. The van der Waals surface area contributed by atoms with Gasteiger partial charge in [-0.2, -0.15) is 0 Å². The van der Waals surface area contributed by atoms with E-state index in [0.29, 0.717) is 61.1 Å². The molecule has 12 nitrogen and oxygen atoms in total. The Bertz CT molecular complexity index is 2010. The van der Waals surface area contributed by atoms with Gasteiger partial charge < -0.3 is 30.5 Å². The van der Waals surface area contributed by atoms with E-state index in [4.69, 9.17) is 14.9 Å². The number of carboxylic acid groups (broad SMARTS) is 2. The van der Waals surface area contributed by atoms with E-state index in [1.165, 1.54) is 11.3 Å². The van der Waals surface area contributed by atoms with E-state index in [1.54, 1.807) is 30.1 Å². The third-order valence-electron chi connectivity index (χ3n) is 10.1. The number of amides is 3. The molecule has 0 spiro atoms. The number of carbonyl (C=O) groups excluding carboxylic acids is 3. The van der Waals surface area contributed by atoms with Gasteiger partial charge in [-0.05, 0) is 90.8 Å². The van der Waals surface area contributed by atoms with Crippen LogP contribution in [0.25, 0.3) is 0 Å². The summed E-state index contributed by atoms with van der Waals surface area (Å²) in [6, 6.07) is 22.1. The molecule has 0 unspecified atom stereocenters. The minimum Gasteiger partial charge on any atom is -0.481 e. The molecule has 13 heteroatoms. The average Bonchev–Trinajstić information content (AvgIpc) is 3.57. The molecule has 0 fully saturated rings. The minimum atomic E-state index is -0.999. The zero-order valence-electron chi connectivity index (χ0n) is 32.1. The van der Waals surface area contributed by atoms with E-state index in [9.17, 15) is 24.0 Å². The highest BCUT2D eigenvalue weighted by Crippen LogP contribution is 2.37. The second-order valence-corrected chi connectivity index (χ2v) is 15.1. The fourth-order valence-corrected chi connectivity index (χ4v) is 8.01. The minimum absolute atomic E-state index is 0.0400. The van der Waals surface area contributed by atoms with Gasteiger partial charge in [0.25, 0.3) is 11.8 Å². The summed E-state index contributed by atoms with van der Waals surface area (Å²) in [6.07, 6.45) is 3.62. The number of rotatable bonds is 19. The van der Waals surface area contributed by atoms with Crippen LogP contribution in [0, 0.1) is 0 Å². The van der Waals surface area contributed by atoms with E-state index in [0.717, 1.165) is 52.8 Å². The summed E-state index contributed by atoms with van der Waals surface area (Å²) in [7, 11) is 1.69. The molecule has 2 heterocycles. The van der Waals surface area contributed by atoms with Gasteiger partial charge in [0, 0.05) is 55.3 Å². The van der Waals surface area contributed by atoms with Gasteiger partial charge >= 0.3 is 11.9 Å². The number of aryl methyl sites for hydroxylation is 2. The van der Waals surface area contributed by atoms with Crippen molar-refractivity contribution in [2.45, 2.75) is 78.0 Å². The zero-order chi connectivity index (χ0) is 40.2. The third kappa shape index (κ3) is 11.3. The number of ether oxygens (including phenoxy) is 1. The highest BCUT2D eigenvalue weighted by atomic mass is 32.1. The number of hydrogen-bond donors (Lipinski definition) is 4. The van der Waals surface area contributed by atoms with Crippen LogP contribution in [0.2, 0.25) is 0 Å². The average molecular weight is 783 g/mol. The molecule has 0 radical (unpaired) electrons. The number of carbonyl (C=O) groups is 5. The van der Waals surface area contributed by atoms with Gasteiger partial charge in [-0.15, -0.1) is 11.3 Å². The third-order valence-corrected chi connectivity index (χ3v) is 11.2. The maximum Gasteiger partial charge on any atom is 0.335 e. The maximum absolute atomic E-state index is 13.9. The van der Waals surface area contributed by atoms with Gasteiger partial charge in [-0.1, -0.05) is 50.2 Å². The van der Waals surface area contributed by atoms with Crippen LogP contribution in [0.3, 0.4) is 0 Å². The molecular weight excluding hydrogens is 733 g/mol. The molecule has 296 valence electrons. The molecule has 0 aliphatic carbocycles. The number of likely N-dealkylation sites (N-methyl/N-ethyl adjacent to an activating group) is 1. The number of benzene rings is 3. The van der Waals surface area contributed by atoms with Crippen molar-refractivity contribution in [3.8, 4) is 0 Å². The summed E-state index contributed by atoms with van der Waals surface area (Å²) in [6.45, 7) is 6.68. The summed E-state index contributed by atoms with van der Waals surface area (Å²) in [4.78, 5) is 67.0. The van der Waals surface area contributed by atoms with Crippen molar-refractivity contribution >= 4 is 51.7 Å². The second kappa shape index (κ2) is 20.0. The summed E-state index contributed by atoms with van der Waals surface area (Å²) >= 11 is 1.35. The molecule has 3 amide bonds. The molecule has 0 atom stereocenters.